The molecule has 1 N–H and O–H groups in total. The molecule has 2 aromatic rings. The van der Waals surface area contributed by atoms with Crippen LogP contribution in [0, 0.1) is 0 Å². The number of nitrogens with one attached hydrogen (secondary N) is 1. The van der Waals surface area contributed by atoms with E-state index in [0.29, 0.717) is 20.0 Å². The molecule has 0 saturated carbocycles. The Balaban J connectivity index is 1.97. The zero-order chi connectivity index (χ0) is 18.2. The minimum atomic E-state index is -3.86. The van der Waals surface area contributed by atoms with E-state index >= 15 is 0 Å². The molecule has 1 aliphatic heterocycles. The molecule has 0 bridgehead atoms. The van der Waals surface area contributed by atoms with Crippen LogP contribution in [0.15, 0.2) is 50.6 Å². The number of nitrogens with zero attached hydrogens (tertiary/aromatic N) is 1. The molecular weight excluding hydrogens is 423 g/mol. The number of rotatable bonds is 2. The molecule has 1 amide bonds. The van der Waals surface area contributed by atoms with Gasteiger partial charge in [-0.2, -0.15) is 8.42 Å². The maximum Gasteiger partial charge on any atom is 0.285 e. The quantitative estimate of drug-likeness (QED) is 0.739. The van der Waals surface area contributed by atoms with E-state index in [1.807, 2.05) is 0 Å². The normalized spacial score (nSPS) is 15.2. The van der Waals surface area contributed by atoms with Crippen LogP contribution in [0.25, 0.3) is 0 Å². The maximum absolute atomic E-state index is 12.5. The predicted octanol–water partition coefficient (Wildman–Crippen LogP) is 4.76. The first-order chi connectivity index (χ1) is 11.8. The van der Waals surface area contributed by atoms with Gasteiger partial charge in [0, 0.05) is 15.6 Å². The van der Waals surface area contributed by atoms with Gasteiger partial charge in [0.2, 0.25) is 0 Å². The van der Waals surface area contributed by atoms with Crippen LogP contribution in [-0.2, 0) is 10.0 Å². The van der Waals surface area contributed by atoms with Crippen LogP contribution >= 0.6 is 46.7 Å². The van der Waals surface area contributed by atoms with Crippen LogP contribution in [0.4, 0.5) is 5.69 Å². The van der Waals surface area contributed by atoms with Gasteiger partial charge in [0.25, 0.3) is 15.9 Å². The molecule has 1 heterocycles. The second-order valence-corrected chi connectivity index (χ2v) is 9.38. The molecule has 10 heteroatoms. The first-order valence-corrected chi connectivity index (χ1v) is 11.0. The maximum atomic E-state index is 12.5. The van der Waals surface area contributed by atoms with E-state index in [-0.39, 0.29) is 15.5 Å². The van der Waals surface area contributed by atoms with Crippen molar-refractivity contribution in [1.82, 2.24) is 0 Å². The van der Waals surface area contributed by atoms with Crippen molar-refractivity contribution in [3.63, 3.8) is 0 Å². The van der Waals surface area contributed by atoms with Crippen molar-refractivity contribution >= 4 is 72.7 Å². The smallest absolute Gasteiger partial charge is 0.285 e. The van der Waals surface area contributed by atoms with E-state index in [2.05, 4.69) is 9.71 Å². The highest BCUT2D eigenvalue weighted by Gasteiger charge is 2.28. The van der Waals surface area contributed by atoms with E-state index in [1.165, 1.54) is 35.7 Å². The number of thioether (sulfide) groups is 2. The van der Waals surface area contributed by atoms with Crippen molar-refractivity contribution < 1.29 is 13.2 Å². The van der Waals surface area contributed by atoms with E-state index in [1.54, 1.807) is 30.5 Å². The number of sulfonamides is 1. The highest BCUT2D eigenvalue weighted by Crippen LogP contribution is 2.39. The van der Waals surface area contributed by atoms with E-state index in [0.717, 1.165) is 0 Å². The highest BCUT2D eigenvalue weighted by atomic mass is 35.5. The van der Waals surface area contributed by atoms with Crippen molar-refractivity contribution in [2.45, 2.75) is 9.79 Å². The molecule has 25 heavy (non-hydrogen) atoms. The average Bonchev–Trinajstić information content (AvgIpc) is 2.55. The van der Waals surface area contributed by atoms with Crippen molar-refractivity contribution in [3.05, 3.63) is 52.0 Å². The summed E-state index contributed by atoms with van der Waals surface area (Å²) in [5, 5.41) is 3.36. The summed E-state index contributed by atoms with van der Waals surface area (Å²) in [7, 11) is -3.86. The van der Waals surface area contributed by atoms with Crippen molar-refractivity contribution in [2.24, 2.45) is 4.40 Å². The molecule has 0 fully saturated rings. The lowest BCUT2D eigenvalue weighted by Gasteiger charge is -2.16. The Hall–Kier alpha value is -1.19. The lowest BCUT2D eigenvalue weighted by Crippen LogP contribution is -2.15. The number of carbonyl (C=O) groups excluding carboxylic acids is 1. The standard InChI is InChI=1S/C15H10Cl2N2O3S3/c1-23-15-19-25(21,22)13-6-10(11(17)7-12(13)24-15)14(20)18-9-4-2-8(16)3-5-9/h2-7H,1H3,(H,18,20). The second-order valence-electron chi connectivity index (χ2n) is 4.88. The molecule has 0 atom stereocenters. The van der Waals surface area contributed by atoms with Crippen molar-refractivity contribution in [1.29, 1.82) is 0 Å². The Morgan fingerprint density at radius 2 is 1.88 bits per heavy atom. The summed E-state index contributed by atoms with van der Waals surface area (Å²) in [5.41, 5.74) is 0.574. The Morgan fingerprint density at radius 3 is 2.52 bits per heavy atom. The van der Waals surface area contributed by atoms with Gasteiger partial charge in [-0.3, -0.25) is 4.79 Å². The number of halogens is 2. The van der Waals surface area contributed by atoms with Crippen LogP contribution in [0.3, 0.4) is 0 Å². The summed E-state index contributed by atoms with van der Waals surface area (Å²) in [5.74, 6) is -0.519. The number of benzene rings is 2. The third kappa shape index (κ3) is 3.98. The highest BCUT2D eigenvalue weighted by molar-refractivity contribution is 8.39. The van der Waals surface area contributed by atoms with E-state index in [9.17, 15) is 13.2 Å². The summed E-state index contributed by atoms with van der Waals surface area (Å²) >= 11 is 14.4. The number of carbonyl (C=O) groups is 1. The van der Waals surface area contributed by atoms with Crippen molar-refractivity contribution in [3.8, 4) is 0 Å². The minimum absolute atomic E-state index is 0.0269. The molecule has 0 saturated heterocycles. The third-order valence-electron chi connectivity index (χ3n) is 3.22. The fourth-order valence-electron chi connectivity index (χ4n) is 2.06. The van der Waals surface area contributed by atoms with Crippen LogP contribution < -0.4 is 5.32 Å². The molecule has 0 aliphatic carbocycles. The molecule has 2 aromatic carbocycles. The van der Waals surface area contributed by atoms with Crippen molar-refractivity contribution in [2.75, 3.05) is 11.6 Å². The van der Waals surface area contributed by atoms with Gasteiger partial charge in [-0.05, 0) is 42.7 Å². The van der Waals surface area contributed by atoms with Crippen LogP contribution in [0.1, 0.15) is 10.4 Å². The monoisotopic (exact) mass is 432 g/mol. The number of fused-ring (bicyclic) bond motifs is 1. The van der Waals surface area contributed by atoms with Gasteiger partial charge in [0.15, 0.2) is 0 Å². The predicted molar refractivity (Wildman–Crippen MR) is 105 cm³/mol. The Kier molecular flexibility index (Phi) is 5.36. The largest absolute Gasteiger partial charge is 0.322 e. The van der Waals surface area contributed by atoms with Gasteiger partial charge in [0.05, 0.1) is 10.6 Å². The SMILES string of the molecule is CSC1=NS(=O)(=O)c2cc(C(=O)Nc3ccc(Cl)cc3)c(Cl)cc2S1. The van der Waals surface area contributed by atoms with Crippen LogP contribution in [-0.4, -0.2) is 25.0 Å². The summed E-state index contributed by atoms with van der Waals surface area (Å²) in [6, 6.07) is 9.26. The van der Waals surface area contributed by atoms with Crippen LogP contribution in [0.5, 0.6) is 0 Å². The zero-order valence-corrected chi connectivity index (χ0v) is 16.6. The number of amides is 1. The van der Waals surface area contributed by atoms with Gasteiger partial charge in [-0.1, -0.05) is 35.0 Å². The molecule has 3 rings (SSSR count). The van der Waals surface area contributed by atoms with Crippen LogP contribution in [0.2, 0.25) is 10.0 Å². The molecule has 0 spiro atoms. The number of hydrogen-bond donors (Lipinski definition) is 1. The molecule has 1 aliphatic rings. The molecule has 0 radical (unpaired) electrons. The summed E-state index contributed by atoms with van der Waals surface area (Å²) in [6.45, 7) is 0. The number of hydrogen-bond acceptors (Lipinski definition) is 5. The Bertz CT molecular complexity index is 990. The summed E-state index contributed by atoms with van der Waals surface area (Å²) < 4.78 is 28.8. The van der Waals surface area contributed by atoms with Gasteiger partial charge in [-0.15, -0.1) is 16.2 Å². The molecular formula is C15H10Cl2N2O3S3. The average molecular weight is 433 g/mol. The fourth-order valence-corrected chi connectivity index (χ4v) is 5.98. The third-order valence-corrected chi connectivity index (χ3v) is 7.48. The Morgan fingerprint density at radius 1 is 1.20 bits per heavy atom. The number of anilines is 1. The lowest BCUT2D eigenvalue weighted by atomic mass is 10.2. The first kappa shape index (κ1) is 18.6. The molecule has 0 unspecified atom stereocenters. The molecule has 5 nitrogen and oxygen atoms in total. The fraction of sp³-hybridized carbons (Fsp3) is 0.0667. The van der Waals surface area contributed by atoms with Gasteiger partial charge in [0.1, 0.15) is 9.27 Å². The molecule has 130 valence electrons. The lowest BCUT2D eigenvalue weighted by molar-refractivity contribution is 0.102. The summed E-state index contributed by atoms with van der Waals surface area (Å²) in [6.07, 6.45) is 1.74. The second kappa shape index (κ2) is 7.20. The molecule has 0 aromatic heterocycles. The first-order valence-electron chi connectivity index (χ1n) is 6.77. The van der Waals surface area contributed by atoms with Gasteiger partial charge >= 0.3 is 0 Å². The minimum Gasteiger partial charge on any atom is -0.322 e. The zero-order valence-electron chi connectivity index (χ0n) is 12.6. The van der Waals surface area contributed by atoms with E-state index < -0.39 is 15.9 Å². The summed E-state index contributed by atoms with van der Waals surface area (Å²) in [4.78, 5) is 12.9. The topological polar surface area (TPSA) is 75.6 Å². The Labute approximate surface area is 163 Å². The van der Waals surface area contributed by atoms with E-state index in [4.69, 9.17) is 23.2 Å². The van der Waals surface area contributed by atoms with Gasteiger partial charge < -0.3 is 5.32 Å². The van der Waals surface area contributed by atoms with Gasteiger partial charge in [-0.25, -0.2) is 0 Å².